The second kappa shape index (κ2) is 7.68. The van der Waals surface area contributed by atoms with E-state index < -0.39 is 0 Å². The predicted octanol–water partition coefficient (Wildman–Crippen LogP) is 2.73. The standard InChI is InChI=1S/C18H20Cl2N4O2/c1-10-14(8-18(26)22-13-4-6-17(25)21-9-13)11(2)24(23-10)16-5-3-12(19)7-15(16)20/h3,5,7,13H,4,6,8-9H2,1-2H3,(H,21,25)(H,22,26). The van der Waals surface area contributed by atoms with E-state index in [4.69, 9.17) is 23.2 Å². The fourth-order valence-electron chi connectivity index (χ4n) is 3.11. The monoisotopic (exact) mass is 394 g/mol. The summed E-state index contributed by atoms with van der Waals surface area (Å²) in [6.45, 7) is 4.26. The van der Waals surface area contributed by atoms with Crippen LogP contribution in [0.15, 0.2) is 18.2 Å². The number of rotatable bonds is 4. The average molecular weight is 395 g/mol. The summed E-state index contributed by atoms with van der Waals surface area (Å²) < 4.78 is 1.73. The molecule has 3 rings (SSSR count). The summed E-state index contributed by atoms with van der Waals surface area (Å²) in [6.07, 6.45) is 1.33. The molecule has 0 bridgehead atoms. The van der Waals surface area contributed by atoms with E-state index in [1.807, 2.05) is 13.8 Å². The summed E-state index contributed by atoms with van der Waals surface area (Å²) >= 11 is 12.2. The van der Waals surface area contributed by atoms with Crippen molar-refractivity contribution < 1.29 is 9.59 Å². The number of amides is 2. The van der Waals surface area contributed by atoms with Crippen molar-refractivity contribution >= 4 is 35.0 Å². The molecular formula is C18H20Cl2N4O2. The molecule has 6 nitrogen and oxygen atoms in total. The van der Waals surface area contributed by atoms with Gasteiger partial charge >= 0.3 is 0 Å². The van der Waals surface area contributed by atoms with Gasteiger partial charge in [-0.15, -0.1) is 0 Å². The van der Waals surface area contributed by atoms with Gasteiger partial charge in [-0.25, -0.2) is 4.68 Å². The fraction of sp³-hybridized carbons (Fsp3) is 0.389. The van der Waals surface area contributed by atoms with Crippen molar-refractivity contribution in [2.75, 3.05) is 6.54 Å². The van der Waals surface area contributed by atoms with Crippen LogP contribution in [0.1, 0.15) is 29.8 Å². The molecule has 1 aliphatic rings. The fourth-order valence-corrected chi connectivity index (χ4v) is 3.60. The molecule has 0 spiro atoms. The van der Waals surface area contributed by atoms with Gasteiger partial charge in [0.1, 0.15) is 0 Å². The molecule has 0 saturated carbocycles. The van der Waals surface area contributed by atoms with E-state index >= 15 is 0 Å². The van der Waals surface area contributed by atoms with Crippen molar-refractivity contribution in [2.45, 2.75) is 39.2 Å². The van der Waals surface area contributed by atoms with Crippen LogP contribution < -0.4 is 10.6 Å². The molecule has 0 aliphatic carbocycles. The Kier molecular flexibility index (Phi) is 5.53. The Balaban J connectivity index is 1.75. The van der Waals surface area contributed by atoms with E-state index in [0.717, 1.165) is 22.6 Å². The van der Waals surface area contributed by atoms with Crippen LogP contribution in [0.3, 0.4) is 0 Å². The average Bonchev–Trinajstić information content (AvgIpc) is 2.85. The summed E-state index contributed by atoms with van der Waals surface area (Å²) in [6, 6.07) is 5.20. The van der Waals surface area contributed by atoms with E-state index in [1.165, 1.54) is 0 Å². The van der Waals surface area contributed by atoms with Crippen LogP contribution in [0.4, 0.5) is 0 Å². The van der Waals surface area contributed by atoms with Crippen molar-refractivity contribution in [1.82, 2.24) is 20.4 Å². The zero-order valence-corrected chi connectivity index (χ0v) is 16.1. The lowest BCUT2D eigenvalue weighted by Crippen LogP contribution is -2.48. The SMILES string of the molecule is Cc1nn(-c2ccc(Cl)cc2Cl)c(C)c1CC(=O)NC1CCC(=O)NC1. The molecule has 1 saturated heterocycles. The summed E-state index contributed by atoms with van der Waals surface area (Å²) in [7, 11) is 0. The Labute approximate surface area is 161 Å². The van der Waals surface area contributed by atoms with Gasteiger partial charge in [-0.05, 0) is 38.5 Å². The van der Waals surface area contributed by atoms with Gasteiger partial charge in [0, 0.05) is 35.3 Å². The summed E-state index contributed by atoms with van der Waals surface area (Å²) in [4.78, 5) is 23.6. The van der Waals surface area contributed by atoms with Gasteiger partial charge < -0.3 is 10.6 Å². The number of halogens is 2. The predicted molar refractivity (Wildman–Crippen MR) is 101 cm³/mol. The first-order chi connectivity index (χ1) is 12.3. The molecule has 1 unspecified atom stereocenters. The Morgan fingerprint density at radius 2 is 2.15 bits per heavy atom. The highest BCUT2D eigenvalue weighted by Crippen LogP contribution is 2.27. The van der Waals surface area contributed by atoms with E-state index in [0.29, 0.717) is 29.4 Å². The molecule has 0 radical (unpaired) electrons. The molecule has 138 valence electrons. The highest BCUT2D eigenvalue weighted by Gasteiger charge is 2.22. The van der Waals surface area contributed by atoms with E-state index in [1.54, 1.807) is 22.9 Å². The maximum absolute atomic E-state index is 12.4. The third kappa shape index (κ3) is 4.02. The maximum Gasteiger partial charge on any atom is 0.224 e. The highest BCUT2D eigenvalue weighted by molar-refractivity contribution is 6.35. The molecule has 1 aromatic heterocycles. The number of piperidine rings is 1. The number of nitrogens with zero attached hydrogens (tertiary/aromatic N) is 2. The first kappa shape index (κ1) is 18.7. The van der Waals surface area contributed by atoms with Gasteiger partial charge in [0.2, 0.25) is 11.8 Å². The third-order valence-corrected chi connectivity index (χ3v) is 5.08. The van der Waals surface area contributed by atoms with Crippen LogP contribution in [0, 0.1) is 13.8 Å². The topological polar surface area (TPSA) is 76.0 Å². The third-order valence-electron chi connectivity index (χ3n) is 4.55. The number of benzene rings is 1. The number of nitrogens with one attached hydrogen (secondary N) is 2. The second-order valence-electron chi connectivity index (χ2n) is 6.44. The Morgan fingerprint density at radius 1 is 1.38 bits per heavy atom. The summed E-state index contributed by atoms with van der Waals surface area (Å²) in [5.41, 5.74) is 3.23. The van der Waals surface area contributed by atoms with Crippen LogP contribution in [-0.4, -0.2) is 34.2 Å². The second-order valence-corrected chi connectivity index (χ2v) is 7.28. The zero-order chi connectivity index (χ0) is 18.8. The number of aryl methyl sites for hydroxylation is 1. The van der Waals surface area contributed by atoms with Gasteiger partial charge in [-0.1, -0.05) is 23.2 Å². The number of hydrogen-bond acceptors (Lipinski definition) is 3. The normalized spacial score (nSPS) is 17.1. The van der Waals surface area contributed by atoms with Crippen molar-refractivity contribution in [1.29, 1.82) is 0 Å². The maximum atomic E-state index is 12.4. The lowest BCUT2D eigenvalue weighted by atomic mass is 10.1. The van der Waals surface area contributed by atoms with Gasteiger partial charge in [0.15, 0.2) is 0 Å². The van der Waals surface area contributed by atoms with Crippen LogP contribution in [0.2, 0.25) is 10.0 Å². The van der Waals surface area contributed by atoms with E-state index in [-0.39, 0.29) is 24.3 Å². The van der Waals surface area contributed by atoms with Gasteiger partial charge in [-0.2, -0.15) is 5.10 Å². The Bertz CT molecular complexity index is 853. The molecular weight excluding hydrogens is 375 g/mol. The molecule has 1 atom stereocenters. The van der Waals surface area contributed by atoms with Crippen LogP contribution in [-0.2, 0) is 16.0 Å². The molecule has 2 aromatic rings. The van der Waals surface area contributed by atoms with E-state index in [2.05, 4.69) is 15.7 Å². The van der Waals surface area contributed by atoms with Crippen molar-refractivity contribution in [3.63, 3.8) is 0 Å². The highest BCUT2D eigenvalue weighted by atomic mass is 35.5. The van der Waals surface area contributed by atoms with Crippen molar-refractivity contribution in [3.8, 4) is 5.69 Å². The van der Waals surface area contributed by atoms with Gasteiger partial charge in [0.25, 0.3) is 0 Å². The zero-order valence-electron chi connectivity index (χ0n) is 14.6. The lowest BCUT2D eigenvalue weighted by Gasteiger charge is -2.23. The Hall–Kier alpha value is -2.05. The first-order valence-corrected chi connectivity index (χ1v) is 9.17. The molecule has 1 aliphatic heterocycles. The first-order valence-electron chi connectivity index (χ1n) is 8.41. The quantitative estimate of drug-likeness (QED) is 0.836. The lowest BCUT2D eigenvalue weighted by molar-refractivity contribution is -0.125. The van der Waals surface area contributed by atoms with Crippen LogP contribution >= 0.6 is 23.2 Å². The number of hydrogen-bond donors (Lipinski definition) is 2. The minimum atomic E-state index is -0.0842. The summed E-state index contributed by atoms with van der Waals surface area (Å²) in [5, 5.41) is 11.3. The molecule has 1 fully saturated rings. The van der Waals surface area contributed by atoms with Crippen LogP contribution in [0.25, 0.3) is 5.69 Å². The largest absolute Gasteiger partial charge is 0.354 e. The van der Waals surface area contributed by atoms with Crippen molar-refractivity contribution in [2.24, 2.45) is 0 Å². The van der Waals surface area contributed by atoms with Gasteiger partial charge in [0.05, 0.1) is 22.8 Å². The van der Waals surface area contributed by atoms with E-state index in [9.17, 15) is 9.59 Å². The molecule has 2 N–H and O–H groups in total. The number of carbonyl (C=O) groups excluding carboxylic acids is 2. The van der Waals surface area contributed by atoms with Gasteiger partial charge in [-0.3, -0.25) is 9.59 Å². The van der Waals surface area contributed by atoms with Crippen LogP contribution in [0.5, 0.6) is 0 Å². The molecule has 8 heteroatoms. The smallest absolute Gasteiger partial charge is 0.224 e. The summed E-state index contributed by atoms with van der Waals surface area (Å²) in [5.74, 6) is -0.0533. The minimum absolute atomic E-state index is 0.0263. The Morgan fingerprint density at radius 3 is 2.81 bits per heavy atom. The minimum Gasteiger partial charge on any atom is -0.354 e. The number of carbonyl (C=O) groups is 2. The van der Waals surface area contributed by atoms with Crippen molar-refractivity contribution in [3.05, 3.63) is 45.2 Å². The molecule has 2 heterocycles. The number of aromatic nitrogens is 2. The molecule has 26 heavy (non-hydrogen) atoms. The molecule has 1 aromatic carbocycles. The molecule has 2 amide bonds.